The molecular formula is C20H19ClF3N5O2. The molecule has 2 aromatic rings. The first-order valence-electron chi connectivity index (χ1n) is 9.31. The van der Waals surface area contributed by atoms with Crippen molar-refractivity contribution in [3.05, 3.63) is 58.5 Å². The van der Waals surface area contributed by atoms with Gasteiger partial charge >= 0.3 is 12.2 Å². The van der Waals surface area contributed by atoms with Gasteiger partial charge in [-0.1, -0.05) is 17.7 Å². The summed E-state index contributed by atoms with van der Waals surface area (Å²) in [7, 11) is 1.55. The topological polar surface area (TPSA) is 87.2 Å². The largest absolute Gasteiger partial charge is 0.417 e. The van der Waals surface area contributed by atoms with Crippen LogP contribution in [0.2, 0.25) is 5.02 Å². The first-order chi connectivity index (χ1) is 14.7. The van der Waals surface area contributed by atoms with Gasteiger partial charge in [-0.15, -0.1) is 0 Å². The number of carbonyl (C=O) groups excluding carboxylic acids is 2. The van der Waals surface area contributed by atoms with Crippen LogP contribution in [0.4, 0.5) is 23.8 Å². The Kier molecular flexibility index (Phi) is 6.79. The molecule has 0 saturated heterocycles. The highest BCUT2D eigenvalue weighted by atomic mass is 35.5. The maximum Gasteiger partial charge on any atom is 0.417 e. The van der Waals surface area contributed by atoms with Gasteiger partial charge < -0.3 is 10.2 Å². The van der Waals surface area contributed by atoms with Gasteiger partial charge in [0.2, 0.25) is 5.91 Å². The molecule has 0 aliphatic carbocycles. The molecule has 11 heteroatoms. The number of alkyl halides is 3. The molecule has 0 spiro atoms. The summed E-state index contributed by atoms with van der Waals surface area (Å²) in [5, 5.41) is 5.44. The summed E-state index contributed by atoms with van der Waals surface area (Å²) in [6.07, 6.45) is 0.261. The SMILES string of the molecule is CNC(=O)Cc1cnc(C2=CCN(C(=O)Nc3ccc(C(F)(F)F)cn3)CC2)c(Cl)c1. The Hall–Kier alpha value is -3.14. The number of carbonyl (C=O) groups is 2. The van der Waals surface area contributed by atoms with Gasteiger partial charge in [0.25, 0.3) is 0 Å². The third-order valence-electron chi connectivity index (χ3n) is 4.67. The monoisotopic (exact) mass is 453 g/mol. The minimum absolute atomic E-state index is 0.0317. The zero-order chi connectivity index (χ0) is 22.6. The molecule has 0 fully saturated rings. The number of hydrogen-bond donors (Lipinski definition) is 2. The molecule has 3 heterocycles. The Morgan fingerprint density at radius 3 is 2.55 bits per heavy atom. The smallest absolute Gasteiger partial charge is 0.359 e. The lowest BCUT2D eigenvalue weighted by Crippen LogP contribution is -2.38. The average molecular weight is 454 g/mol. The molecule has 164 valence electrons. The number of rotatable bonds is 4. The fourth-order valence-electron chi connectivity index (χ4n) is 2.98. The first kappa shape index (κ1) is 22.5. The van der Waals surface area contributed by atoms with E-state index in [0.717, 1.165) is 17.7 Å². The molecule has 0 bridgehead atoms. The molecule has 3 amide bonds. The van der Waals surface area contributed by atoms with E-state index in [2.05, 4.69) is 20.6 Å². The van der Waals surface area contributed by atoms with Gasteiger partial charge in [-0.05, 0) is 35.8 Å². The van der Waals surface area contributed by atoms with Crippen molar-refractivity contribution >= 4 is 34.9 Å². The number of anilines is 1. The lowest BCUT2D eigenvalue weighted by atomic mass is 10.0. The summed E-state index contributed by atoms with van der Waals surface area (Å²) in [5.74, 6) is -0.115. The van der Waals surface area contributed by atoms with Crippen LogP contribution < -0.4 is 10.6 Å². The number of aromatic nitrogens is 2. The maximum atomic E-state index is 12.6. The summed E-state index contributed by atoms with van der Waals surface area (Å²) < 4.78 is 37.8. The molecule has 2 aromatic heterocycles. The summed E-state index contributed by atoms with van der Waals surface area (Å²) in [5.41, 5.74) is 1.26. The number of urea groups is 1. The van der Waals surface area contributed by atoms with Crippen LogP contribution >= 0.6 is 11.6 Å². The molecule has 3 rings (SSSR count). The van der Waals surface area contributed by atoms with Crippen molar-refractivity contribution in [3.8, 4) is 0 Å². The highest BCUT2D eigenvalue weighted by molar-refractivity contribution is 6.32. The van der Waals surface area contributed by atoms with Gasteiger partial charge in [0.1, 0.15) is 5.82 Å². The summed E-state index contributed by atoms with van der Waals surface area (Å²) in [6.45, 7) is 0.649. The van der Waals surface area contributed by atoms with E-state index in [9.17, 15) is 22.8 Å². The van der Waals surface area contributed by atoms with E-state index in [4.69, 9.17) is 11.6 Å². The first-order valence-corrected chi connectivity index (χ1v) is 9.68. The highest BCUT2D eigenvalue weighted by Gasteiger charge is 2.30. The van der Waals surface area contributed by atoms with E-state index in [1.54, 1.807) is 19.3 Å². The predicted molar refractivity (Wildman–Crippen MR) is 109 cm³/mol. The molecule has 1 aliphatic heterocycles. The Balaban J connectivity index is 1.62. The second-order valence-corrected chi connectivity index (χ2v) is 7.22. The number of hydrogen-bond acceptors (Lipinski definition) is 4. The number of likely N-dealkylation sites (N-methyl/N-ethyl adjacent to an activating group) is 1. The molecule has 0 atom stereocenters. The van der Waals surface area contributed by atoms with E-state index in [1.165, 1.54) is 4.90 Å². The number of nitrogens with one attached hydrogen (secondary N) is 2. The Morgan fingerprint density at radius 2 is 2.00 bits per heavy atom. The molecule has 1 aliphatic rings. The summed E-state index contributed by atoms with van der Waals surface area (Å²) in [6, 6.07) is 3.19. The molecule has 0 aromatic carbocycles. The lowest BCUT2D eigenvalue weighted by molar-refractivity contribution is -0.137. The van der Waals surface area contributed by atoms with Crippen molar-refractivity contribution in [1.82, 2.24) is 20.2 Å². The van der Waals surface area contributed by atoms with Crippen molar-refractivity contribution < 1.29 is 22.8 Å². The molecule has 2 N–H and O–H groups in total. The van der Waals surface area contributed by atoms with Crippen molar-refractivity contribution in [2.45, 2.75) is 19.0 Å². The van der Waals surface area contributed by atoms with E-state index < -0.39 is 17.8 Å². The van der Waals surface area contributed by atoms with E-state index in [0.29, 0.717) is 35.4 Å². The average Bonchev–Trinajstić information content (AvgIpc) is 2.73. The zero-order valence-electron chi connectivity index (χ0n) is 16.5. The standard InChI is InChI=1S/C20H19ClF3N5O2/c1-25-17(30)9-12-8-15(21)18(27-10-12)13-4-6-29(7-5-13)19(31)28-16-3-2-14(11-26-16)20(22,23)24/h2-4,8,10-11H,5-7,9H2,1H3,(H,25,30)(H,26,28,31). The van der Waals surface area contributed by atoms with Crippen LogP contribution in [-0.4, -0.2) is 46.9 Å². The molecule has 7 nitrogen and oxygen atoms in total. The van der Waals surface area contributed by atoms with Crippen LogP contribution in [0.15, 0.2) is 36.7 Å². The molecule has 0 unspecified atom stereocenters. The Labute approximate surface area is 181 Å². The number of nitrogens with zero attached hydrogens (tertiary/aromatic N) is 3. The number of amides is 3. The van der Waals surface area contributed by atoms with Crippen LogP contribution in [0.5, 0.6) is 0 Å². The van der Waals surface area contributed by atoms with Crippen molar-refractivity contribution in [2.75, 3.05) is 25.5 Å². The maximum absolute atomic E-state index is 12.6. The van der Waals surface area contributed by atoms with Crippen molar-refractivity contribution in [2.24, 2.45) is 0 Å². The van der Waals surface area contributed by atoms with Gasteiger partial charge in [-0.25, -0.2) is 9.78 Å². The van der Waals surface area contributed by atoms with Gasteiger partial charge in [0.05, 0.1) is 22.7 Å². The highest BCUT2D eigenvalue weighted by Crippen LogP contribution is 2.29. The Morgan fingerprint density at radius 1 is 1.23 bits per heavy atom. The van der Waals surface area contributed by atoms with Crippen LogP contribution in [0.3, 0.4) is 0 Å². The second-order valence-electron chi connectivity index (χ2n) is 6.81. The van der Waals surface area contributed by atoms with Crippen LogP contribution in [0.25, 0.3) is 5.57 Å². The third kappa shape index (κ3) is 5.72. The predicted octanol–water partition coefficient (Wildman–Crippen LogP) is 3.76. The molecule has 31 heavy (non-hydrogen) atoms. The van der Waals surface area contributed by atoms with Gasteiger partial charge in [-0.2, -0.15) is 13.2 Å². The third-order valence-corrected chi connectivity index (χ3v) is 4.96. The minimum Gasteiger partial charge on any atom is -0.359 e. The van der Waals surface area contributed by atoms with Gasteiger partial charge in [0.15, 0.2) is 0 Å². The van der Waals surface area contributed by atoms with Crippen molar-refractivity contribution in [1.29, 1.82) is 0 Å². The minimum atomic E-state index is -4.49. The lowest BCUT2D eigenvalue weighted by Gasteiger charge is -2.26. The fourth-order valence-corrected chi connectivity index (χ4v) is 3.29. The van der Waals surface area contributed by atoms with E-state index >= 15 is 0 Å². The van der Waals surface area contributed by atoms with Crippen molar-refractivity contribution in [3.63, 3.8) is 0 Å². The second kappa shape index (κ2) is 9.34. The number of pyridine rings is 2. The van der Waals surface area contributed by atoms with Gasteiger partial charge in [-0.3, -0.25) is 15.1 Å². The van der Waals surface area contributed by atoms with Gasteiger partial charge in [0, 0.05) is 32.5 Å². The Bertz CT molecular complexity index is 1010. The van der Waals surface area contributed by atoms with Crippen LogP contribution in [0.1, 0.15) is 23.2 Å². The summed E-state index contributed by atoms with van der Waals surface area (Å²) in [4.78, 5) is 33.3. The quantitative estimate of drug-likeness (QED) is 0.738. The molecule has 0 radical (unpaired) electrons. The summed E-state index contributed by atoms with van der Waals surface area (Å²) >= 11 is 6.32. The fraction of sp³-hybridized carbons (Fsp3) is 0.300. The molecule has 0 saturated carbocycles. The van der Waals surface area contributed by atoms with E-state index in [-0.39, 0.29) is 24.7 Å². The normalized spacial score (nSPS) is 14.1. The van der Waals surface area contributed by atoms with Crippen LogP contribution in [-0.2, 0) is 17.4 Å². The zero-order valence-corrected chi connectivity index (χ0v) is 17.2. The number of halogens is 4. The molecular weight excluding hydrogens is 435 g/mol. The van der Waals surface area contributed by atoms with E-state index in [1.807, 2.05) is 6.08 Å². The van der Waals surface area contributed by atoms with Crippen LogP contribution in [0, 0.1) is 0 Å².